The van der Waals surface area contributed by atoms with Gasteiger partial charge in [-0.15, -0.1) is 0 Å². The van der Waals surface area contributed by atoms with Gasteiger partial charge in [-0.25, -0.2) is 16.8 Å². The molecule has 2 aliphatic rings. The summed E-state index contributed by atoms with van der Waals surface area (Å²) in [5.74, 6) is -2.04. The molecule has 2 saturated heterocycles. The number of halogens is 1. The Hall–Kier alpha value is -2.29. The van der Waals surface area contributed by atoms with Crippen molar-refractivity contribution in [3.63, 3.8) is 0 Å². The average Bonchev–Trinajstić information content (AvgIpc) is 3.10. The number of nitrogens with zero attached hydrogens (tertiary/aromatic N) is 2. The van der Waals surface area contributed by atoms with E-state index in [9.17, 15) is 36.5 Å². The highest BCUT2D eigenvalue weighted by molar-refractivity contribution is 7.91. The van der Waals surface area contributed by atoms with Crippen LogP contribution in [0.1, 0.15) is 19.3 Å². The number of carbonyl (C=O) groups is 2. The van der Waals surface area contributed by atoms with Crippen molar-refractivity contribution in [2.75, 3.05) is 31.2 Å². The first-order chi connectivity index (χ1) is 15.4. The molecule has 0 aliphatic carbocycles. The maximum absolute atomic E-state index is 12.9. The normalized spacial score (nSPS) is 21.4. The summed E-state index contributed by atoms with van der Waals surface area (Å²) in [7, 11) is -7.27. The van der Waals surface area contributed by atoms with E-state index in [1.165, 1.54) is 0 Å². The number of hydrogen-bond acceptors (Lipinski definition) is 9. The molecule has 2 aliphatic heterocycles. The number of sulfone groups is 1. The van der Waals surface area contributed by atoms with E-state index >= 15 is 0 Å². The number of nitrogens with one attached hydrogen (secondary N) is 1. The summed E-state index contributed by atoms with van der Waals surface area (Å²) in [4.78, 5) is 34.1. The summed E-state index contributed by atoms with van der Waals surface area (Å²) in [6.45, 7) is -0.627. The zero-order chi connectivity index (χ0) is 24.4. The second-order valence-corrected chi connectivity index (χ2v) is 12.4. The highest BCUT2D eigenvalue weighted by Gasteiger charge is 2.35. The van der Waals surface area contributed by atoms with Gasteiger partial charge < -0.3 is 10.1 Å². The summed E-state index contributed by atoms with van der Waals surface area (Å²) < 4.78 is 54.7. The van der Waals surface area contributed by atoms with E-state index in [-0.39, 0.29) is 47.4 Å². The molecule has 0 aromatic heterocycles. The number of carbonyl (C=O) groups excluding carboxylic acids is 2. The Labute approximate surface area is 195 Å². The summed E-state index contributed by atoms with van der Waals surface area (Å²) >= 11 is 5.96. The molecule has 0 unspecified atom stereocenters. The van der Waals surface area contributed by atoms with Gasteiger partial charge in [0.25, 0.3) is 11.6 Å². The molecule has 1 aromatic carbocycles. The molecule has 3 rings (SSSR count). The molecule has 33 heavy (non-hydrogen) atoms. The Morgan fingerprint density at radius 3 is 2.48 bits per heavy atom. The summed E-state index contributed by atoms with van der Waals surface area (Å²) in [5, 5.41) is 13.3. The number of piperidine rings is 1. The van der Waals surface area contributed by atoms with Gasteiger partial charge in [-0.3, -0.25) is 19.7 Å². The van der Waals surface area contributed by atoms with Gasteiger partial charge in [0, 0.05) is 31.3 Å². The van der Waals surface area contributed by atoms with Crippen molar-refractivity contribution >= 4 is 49.0 Å². The molecule has 0 spiro atoms. The number of nitro groups is 1. The van der Waals surface area contributed by atoms with E-state index < -0.39 is 60.9 Å². The molecule has 0 bridgehead atoms. The van der Waals surface area contributed by atoms with E-state index in [2.05, 4.69) is 5.32 Å². The predicted octanol–water partition coefficient (Wildman–Crippen LogP) is 0.495. The fourth-order valence-corrected chi connectivity index (χ4v) is 7.34. The van der Waals surface area contributed by atoms with E-state index in [1.54, 1.807) is 0 Å². The number of hydrogen-bond donors (Lipinski definition) is 1. The Morgan fingerprint density at radius 2 is 1.91 bits per heavy atom. The van der Waals surface area contributed by atoms with Crippen LogP contribution in [0.5, 0.6) is 0 Å². The Bertz CT molecular complexity index is 1160. The van der Waals surface area contributed by atoms with Crippen molar-refractivity contribution in [2.45, 2.75) is 30.2 Å². The van der Waals surface area contributed by atoms with Gasteiger partial charge in [-0.05, 0) is 25.3 Å². The van der Waals surface area contributed by atoms with Crippen LogP contribution in [-0.2, 0) is 34.2 Å². The summed E-state index contributed by atoms with van der Waals surface area (Å²) in [5.41, 5.74) is -0.412. The molecule has 1 amide bonds. The minimum absolute atomic E-state index is 0.000750. The van der Waals surface area contributed by atoms with Gasteiger partial charge in [0.05, 0.1) is 27.4 Å². The smallest absolute Gasteiger partial charge is 0.309 e. The van der Waals surface area contributed by atoms with Crippen LogP contribution >= 0.6 is 11.6 Å². The Morgan fingerprint density at radius 1 is 1.24 bits per heavy atom. The second-order valence-electron chi connectivity index (χ2n) is 7.83. The third-order valence-electron chi connectivity index (χ3n) is 5.47. The number of amides is 1. The number of sulfonamides is 1. The molecule has 0 saturated carbocycles. The topological polar surface area (TPSA) is 170 Å². The molecule has 1 aromatic rings. The zero-order valence-corrected chi connectivity index (χ0v) is 19.7. The highest BCUT2D eigenvalue weighted by Crippen LogP contribution is 2.31. The Balaban J connectivity index is 1.52. The molecule has 2 heterocycles. The van der Waals surface area contributed by atoms with E-state index in [4.69, 9.17) is 16.3 Å². The zero-order valence-electron chi connectivity index (χ0n) is 17.3. The lowest BCUT2D eigenvalue weighted by Crippen LogP contribution is -2.42. The summed E-state index contributed by atoms with van der Waals surface area (Å²) in [6.07, 6.45) is 0.573. The predicted molar refractivity (Wildman–Crippen MR) is 116 cm³/mol. The van der Waals surface area contributed by atoms with Crippen molar-refractivity contribution in [3.05, 3.63) is 33.3 Å². The standard InChI is InChI=1S/C18H22ClN3O9S2/c19-15-2-1-14(22(25)26)9-16(15)33(29,30)21-6-3-12(4-7-21)18(24)31-10-17(23)20-13-5-8-32(27,28)11-13/h1-2,9,12-13H,3-8,10-11H2,(H,20,23)/t13-/m0/s1. The molecule has 182 valence electrons. The number of ether oxygens (including phenoxy) is 1. The van der Waals surface area contributed by atoms with Crippen molar-refractivity contribution < 1.29 is 36.1 Å². The molecular formula is C18H22ClN3O9S2. The summed E-state index contributed by atoms with van der Waals surface area (Å²) in [6, 6.07) is 2.63. The van der Waals surface area contributed by atoms with Crippen LogP contribution in [0.3, 0.4) is 0 Å². The minimum atomic E-state index is -4.11. The van der Waals surface area contributed by atoms with E-state index in [0.717, 1.165) is 22.5 Å². The maximum atomic E-state index is 12.9. The lowest BCUT2D eigenvalue weighted by atomic mass is 9.98. The number of non-ortho nitro benzene ring substituents is 1. The van der Waals surface area contributed by atoms with Crippen molar-refractivity contribution in [2.24, 2.45) is 5.92 Å². The van der Waals surface area contributed by atoms with Crippen molar-refractivity contribution in [1.29, 1.82) is 0 Å². The fraction of sp³-hybridized carbons (Fsp3) is 0.556. The molecule has 2 fully saturated rings. The quantitative estimate of drug-likeness (QED) is 0.303. The van der Waals surface area contributed by atoms with E-state index in [1.807, 2.05) is 0 Å². The first-order valence-electron chi connectivity index (χ1n) is 9.99. The SMILES string of the molecule is O=C(COC(=O)C1CCN(S(=O)(=O)c2cc([N+](=O)[O-])ccc2Cl)CC1)N[C@H]1CCS(=O)(=O)C1. The molecular weight excluding hydrogens is 502 g/mol. The van der Waals surface area contributed by atoms with Crippen LogP contribution in [0.4, 0.5) is 5.69 Å². The van der Waals surface area contributed by atoms with Crippen molar-refractivity contribution in [3.8, 4) is 0 Å². The monoisotopic (exact) mass is 523 g/mol. The molecule has 1 N–H and O–H groups in total. The second kappa shape index (κ2) is 9.91. The third kappa shape index (κ3) is 6.19. The molecule has 15 heteroatoms. The van der Waals surface area contributed by atoms with Gasteiger partial charge in [0.15, 0.2) is 16.4 Å². The van der Waals surface area contributed by atoms with Crippen LogP contribution in [0.25, 0.3) is 0 Å². The highest BCUT2D eigenvalue weighted by atomic mass is 35.5. The first-order valence-corrected chi connectivity index (χ1v) is 13.6. The van der Waals surface area contributed by atoms with Crippen LogP contribution in [0, 0.1) is 16.0 Å². The lowest BCUT2D eigenvalue weighted by molar-refractivity contribution is -0.385. The first kappa shape index (κ1) is 25.3. The van der Waals surface area contributed by atoms with E-state index in [0.29, 0.717) is 6.42 Å². The van der Waals surface area contributed by atoms with Gasteiger partial charge >= 0.3 is 5.97 Å². The average molecular weight is 524 g/mol. The Kier molecular flexibility index (Phi) is 7.61. The molecule has 0 radical (unpaired) electrons. The number of esters is 1. The van der Waals surface area contributed by atoms with Gasteiger partial charge in [0.1, 0.15) is 4.90 Å². The van der Waals surface area contributed by atoms with Crippen LogP contribution in [-0.4, -0.2) is 75.2 Å². The fourth-order valence-electron chi connectivity index (χ4n) is 3.71. The molecule has 1 atom stereocenters. The van der Waals surface area contributed by atoms with Crippen LogP contribution in [0.15, 0.2) is 23.1 Å². The minimum Gasteiger partial charge on any atom is -0.455 e. The number of benzene rings is 1. The van der Waals surface area contributed by atoms with Gasteiger partial charge in [-0.2, -0.15) is 4.31 Å². The third-order valence-corrected chi connectivity index (χ3v) is 9.62. The van der Waals surface area contributed by atoms with Crippen LogP contribution < -0.4 is 5.32 Å². The lowest BCUT2D eigenvalue weighted by Gasteiger charge is -2.30. The van der Waals surface area contributed by atoms with Gasteiger partial charge in [0.2, 0.25) is 10.0 Å². The molecule has 12 nitrogen and oxygen atoms in total. The number of nitro benzene ring substituents is 1. The van der Waals surface area contributed by atoms with Crippen LogP contribution in [0.2, 0.25) is 5.02 Å². The van der Waals surface area contributed by atoms with Crippen molar-refractivity contribution in [1.82, 2.24) is 9.62 Å². The number of rotatable bonds is 7. The van der Waals surface area contributed by atoms with Gasteiger partial charge in [-0.1, -0.05) is 11.6 Å². The maximum Gasteiger partial charge on any atom is 0.309 e. The largest absolute Gasteiger partial charge is 0.455 e.